The molecule has 19 heavy (non-hydrogen) atoms. The minimum atomic E-state index is -0.283. The van der Waals surface area contributed by atoms with E-state index in [1.165, 1.54) is 0 Å². The number of nitrogens with two attached hydrogens (primary N) is 1. The average Bonchev–Trinajstić information content (AvgIpc) is 2.45. The van der Waals surface area contributed by atoms with Crippen molar-refractivity contribution in [3.63, 3.8) is 0 Å². The van der Waals surface area contributed by atoms with E-state index in [4.69, 9.17) is 15.7 Å². The van der Waals surface area contributed by atoms with Crippen LogP contribution in [0.1, 0.15) is 25.3 Å². The molecule has 0 radical (unpaired) electrons. The zero-order valence-corrected chi connectivity index (χ0v) is 10.9. The Bertz CT molecular complexity index is 429. The first-order valence-corrected chi connectivity index (χ1v) is 6.14. The lowest BCUT2D eigenvalue weighted by Crippen LogP contribution is -2.17. The third kappa shape index (κ3) is 5.29. The van der Waals surface area contributed by atoms with Crippen LogP contribution in [0.2, 0.25) is 0 Å². The summed E-state index contributed by atoms with van der Waals surface area (Å²) in [6.45, 7) is 2.61. The van der Waals surface area contributed by atoms with Crippen molar-refractivity contribution in [3.8, 4) is 0 Å². The zero-order chi connectivity index (χ0) is 14.1. The fraction of sp³-hybridized carbons (Fsp3) is 0.385. The van der Waals surface area contributed by atoms with Crippen LogP contribution in [0.15, 0.2) is 29.4 Å². The molecule has 6 heteroatoms. The van der Waals surface area contributed by atoms with E-state index >= 15 is 0 Å². The molecule has 6 nitrogen and oxygen atoms in total. The summed E-state index contributed by atoms with van der Waals surface area (Å²) in [5.41, 5.74) is 6.82. The van der Waals surface area contributed by atoms with Crippen LogP contribution in [0.4, 0.5) is 5.69 Å². The van der Waals surface area contributed by atoms with Gasteiger partial charge in [0, 0.05) is 11.3 Å². The SMILES string of the molecule is CCCCOC(=O)CNc1ccc(/C(N)=N/O)cc1. The summed E-state index contributed by atoms with van der Waals surface area (Å²) in [5.74, 6) is -0.237. The van der Waals surface area contributed by atoms with Gasteiger partial charge in [0.15, 0.2) is 5.84 Å². The maximum Gasteiger partial charge on any atom is 0.325 e. The molecular formula is C13H19N3O3. The molecule has 0 unspecified atom stereocenters. The van der Waals surface area contributed by atoms with Crippen molar-refractivity contribution in [2.75, 3.05) is 18.5 Å². The molecule has 0 saturated carbocycles. The van der Waals surface area contributed by atoms with Gasteiger partial charge in [-0.05, 0) is 30.7 Å². The third-order valence-electron chi connectivity index (χ3n) is 2.49. The molecule has 0 aliphatic carbocycles. The second-order valence-electron chi connectivity index (χ2n) is 3.99. The van der Waals surface area contributed by atoms with Gasteiger partial charge in [-0.15, -0.1) is 0 Å². The summed E-state index contributed by atoms with van der Waals surface area (Å²) in [6.07, 6.45) is 1.87. The van der Waals surface area contributed by atoms with Crippen LogP contribution in [0.3, 0.4) is 0 Å². The van der Waals surface area contributed by atoms with Crippen LogP contribution in [-0.4, -0.2) is 30.2 Å². The van der Waals surface area contributed by atoms with Gasteiger partial charge in [0.1, 0.15) is 6.54 Å². The van der Waals surface area contributed by atoms with E-state index in [0.29, 0.717) is 12.2 Å². The molecule has 0 spiro atoms. The van der Waals surface area contributed by atoms with E-state index in [0.717, 1.165) is 18.5 Å². The molecule has 0 aliphatic rings. The molecule has 0 heterocycles. The van der Waals surface area contributed by atoms with E-state index in [9.17, 15) is 4.79 Å². The second-order valence-corrected chi connectivity index (χ2v) is 3.99. The summed E-state index contributed by atoms with van der Waals surface area (Å²) < 4.78 is 5.01. The van der Waals surface area contributed by atoms with Gasteiger partial charge in [-0.3, -0.25) is 4.79 Å². The first-order valence-electron chi connectivity index (χ1n) is 6.14. The smallest absolute Gasteiger partial charge is 0.325 e. The maximum atomic E-state index is 11.4. The van der Waals surface area contributed by atoms with Gasteiger partial charge in [-0.2, -0.15) is 0 Å². The molecule has 0 aliphatic heterocycles. The van der Waals surface area contributed by atoms with Crippen molar-refractivity contribution < 1.29 is 14.7 Å². The fourth-order valence-electron chi connectivity index (χ4n) is 1.37. The molecular weight excluding hydrogens is 246 g/mol. The quantitative estimate of drug-likeness (QED) is 0.173. The van der Waals surface area contributed by atoms with Crippen LogP contribution in [-0.2, 0) is 9.53 Å². The van der Waals surface area contributed by atoms with E-state index in [1.807, 2.05) is 6.92 Å². The Morgan fingerprint density at radius 1 is 1.42 bits per heavy atom. The Balaban J connectivity index is 2.39. The Labute approximate surface area is 112 Å². The Morgan fingerprint density at radius 2 is 2.11 bits per heavy atom. The topological polar surface area (TPSA) is 96.9 Å². The molecule has 0 atom stereocenters. The number of ether oxygens (including phenoxy) is 1. The van der Waals surface area contributed by atoms with Crippen molar-refractivity contribution in [3.05, 3.63) is 29.8 Å². The Morgan fingerprint density at radius 3 is 2.68 bits per heavy atom. The van der Waals surface area contributed by atoms with Gasteiger partial charge in [0.25, 0.3) is 0 Å². The van der Waals surface area contributed by atoms with Crippen LogP contribution >= 0.6 is 0 Å². The highest BCUT2D eigenvalue weighted by Crippen LogP contribution is 2.09. The fourth-order valence-corrected chi connectivity index (χ4v) is 1.37. The molecule has 104 valence electrons. The van der Waals surface area contributed by atoms with E-state index in [2.05, 4.69) is 10.5 Å². The van der Waals surface area contributed by atoms with Gasteiger partial charge in [0.05, 0.1) is 6.61 Å². The number of unbranched alkanes of at least 4 members (excludes halogenated alkanes) is 1. The molecule has 0 fully saturated rings. The third-order valence-corrected chi connectivity index (χ3v) is 2.49. The van der Waals surface area contributed by atoms with Crippen LogP contribution in [0.25, 0.3) is 0 Å². The number of nitrogens with zero attached hydrogens (tertiary/aromatic N) is 1. The number of oxime groups is 1. The summed E-state index contributed by atoms with van der Waals surface area (Å²) >= 11 is 0. The number of rotatable bonds is 7. The van der Waals surface area contributed by atoms with E-state index in [-0.39, 0.29) is 18.3 Å². The summed E-state index contributed by atoms with van der Waals surface area (Å²) in [4.78, 5) is 11.4. The highest BCUT2D eigenvalue weighted by Gasteiger charge is 2.03. The lowest BCUT2D eigenvalue weighted by molar-refractivity contribution is -0.141. The van der Waals surface area contributed by atoms with Crippen molar-refractivity contribution in [1.82, 2.24) is 0 Å². The van der Waals surface area contributed by atoms with Gasteiger partial charge in [-0.25, -0.2) is 0 Å². The number of nitrogens with one attached hydrogen (secondary N) is 1. The normalized spacial score (nSPS) is 11.1. The standard InChI is InChI=1S/C13H19N3O3/c1-2-3-8-19-12(17)9-15-11-6-4-10(5-7-11)13(14)16-18/h4-7,15,18H,2-3,8-9H2,1H3,(H2,14,16). The number of amidine groups is 1. The number of anilines is 1. The van der Waals surface area contributed by atoms with Crippen LogP contribution in [0.5, 0.6) is 0 Å². The molecule has 0 bridgehead atoms. The lowest BCUT2D eigenvalue weighted by atomic mass is 10.2. The predicted octanol–water partition coefficient (Wildman–Crippen LogP) is 1.54. The van der Waals surface area contributed by atoms with Crippen molar-refractivity contribution in [2.24, 2.45) is 10.9 Å². The van der Waals surface area contributed by atoms with E-state index < -0.39 is 0 Å². The molecule has 4 N–H and O–H groups in total. The minimum Gasteiger partial charge on any atom is -0.464 e. The molecule has 0 saturated heterocycles. The van der Waals surface area contributed by atoms with Crippen molar-refractivity contribution in [2.45, 2.75) is 19.8 Å². The maximum absolute atomic E-state index is 11.4. The molecule has 1 aromatic carbocycles. The monoisotopic (exact) mass is 265 g/mol. The van der Waals surface area contributed by atoms with Crippen molar-refractivity contribution >= 4 is 17.5 Å². The largest absolute Gasteiger partial charge is 0.464 e. The number of esters is 1. The van der Waals surface area contributed by atoms with E-state index in [1.54, 1.807) is 24.3 Å². The highest BCUT2D eigenvalue weighted by atomic mass is 16.5. The van der Waals surface area contributed by atoms with Gasteiger partial charge in [-0.1, -0.05) is 18.5 Å². The minimum absolute atomic E-state index is 0.0468. The second kappa shape index (κ2) is 7.97. The van der Waals surface area contributed by atoms with Gasteiger partial charge < -0.3 is 21.0 Å². The summed E-state index contributed by atoms with van der Waals surface area (Å²) in [6, 6.07) is 6.87. The molecule has 0 amide bonds. The Kier molecular flexibility index (Phi) is 6.21. The number of carbonyl (C=O) groups is 1. The number of carbonyl (C=O) groups excluding carboxylic acids is 1. The van der Waals surface area contributed by atoms with Gasteiger partial charge >= 0.3 is 5.97 Å². The predicted molar refractivity (Wildman–Crippen MR) is 73.3 cm³/mol. The first kappa shape index (κ1) is 14.8. The summed E-state index contributed by atoms with van der Waals surface area (Å²) in [7, 11) is 0. The van der Waals surface area contributed by atoms with Crippen molar-refractivity contribution in [1.29, 1.82) is 0 Å². The number of hydrogen-bond donors (Lipinski definition) is 3. The number of hydrogen-bond acceptors (Lipinski definition) is 5. The lowest BCUT2D eigenvalue weighted by Gasteiger charge is -2.07. The summed E-state index contributed by atoms with van der Waals surface area (Å²) in [5, 5.41) is 14.4. The zero-order valence-electron chi connectivity index (χ0n) is 10.9. The van der Waals surface area contributed by atoms with Crippen LogP contribution < -0.4 is 11.1 Å². The first-order chi connectivity index (χ1) is 9.17. The number of benzene rings is 1. The Hall–Kier alpha value is -2.24. The van der Waals surface area contributed by atoms with Gasteiger partial charge in [0.2, 0.25) is 0 Å². The molecule has 1 aromatic rings. The van der Waals surface area contributed by atoms with Crippen LogP contribution in [0, 0.1) is 0 Å². The highest BCUT2D eigenvalue weighted by molar-refractivity contribution is 5.97. The molecule has 1 rings (SSSR count). The average molecular weight is 265 g/mol. The molecule has 0 aromatic heterocycles.